The number of imidazole rings is 1. The van der Waals surface area contributed by atoms with Crippen LogP contribution in [0.3, 0.4) is 0 Å². The molecule has 0 fully saturated rings. The van der Waals surface area contributed by atoms with Gasteiger partial charge in [-0.2, -0.15) is 0 Å². The maximum Gasteiger partial charge on any atom is 0.269 e. The van der Waals surface area contributed by atoms with Crippen molar-refractivity contribution in [3.8, 4) is 0 Å². The zero-order valence-electron chi connectivity index (χ0n) is 7.06. The van der Waals surface area contributed by atoms with Crippen LogP contribution in [0.2, 0.25) is 0 Å². The van der Waals surface area contributed by atoms with Gasteiger partial charge < -0.3 is 5.32 Å². The number of nitrogens with one attached hydrogen (secondary N) is 1. The molecule has 2 aromatic heterocycles. The van der Waals surface area contributed by atoms with Crippen molar-refractivity contribution in [3.05, 3.63) is 30.4 Å². The van der Waals surface area contributed by atoms with Crippen LogP contribution in [0.4, 0.5) is 0 Å². The van der Waals surface area contributed by atoms with Gasteiger partial charge in [-0.1, -0.05) is 0 Å². The second kappa shape index (κ2) is 2.85. The van der Waals surface area contributed by atoms with E-state index in [0.717, 1.165) is 0 Å². The first-order chi connectivity index (χ1) is 6.33. The number of amides is 1. The van der Waals surface area contributed by atoms with Gasteiger partial charge in [0, 0.05) is 19.4 Å². The lowest BCUT2D eigenvalue weighted by Crippen LogP contribution is -2.19. The van der Waals surface area contributed by atoms with E-state index in [1.165, 1.54) is 6.20 Å². The summed E-state index contributed by atoms with van der Waals surface area (Å²) < 4.78 is 1.64. The third-order valence-electron chi connectivity index (χ3n) is 1.75. The Bertz CT molecular complexity index is 448. The monoisotopic (exact) mass is 176 g/mol. The zero-order chi connectivity index (χ0) is 9.26. The van der Waals surface area contributed by atoms with E-state index >= 15 is 0 Å². The van der Waals surface area contributed by atoms with Gasteiger partial charge in [0.25, 0.3) is 5.91 Å². The van der Waals surface area contributed by atoms with Crippen LogP contribution in [0.5, 0.6) is 0 Å². The molecule has 2 aromatic rings. The van der Waals surface area contributed by atoms with Crippen LogP contribution in [0.1, 0.15) is 10.5 Å². The van der Waals surface area contributed by atoms with E-state index < -0.39 is 0 Å². The van der Waals surface area contributed by atoms with Gasteiger partial charge in [0.05, 0.1) is 6.20 Å². The van der Waals surface area contributed by atoms with Gasteiger partial charge in [-0.3, -0.25) is 9.20 Å². The fourth-order valence-corrected chi connectivity index (χ4v) is 1.12. The lowest BCUT2D eigenvalue weighted by molar-refractivity contribution is 0.0957. The molecule has 0 saturated carbocycles. The third-order valence-corrected chi connectivity index (χ3v) is 1.75. The Kier molecular flexibility index (Phi) is 1.70. The quantitative estimate of drug-likeness (QED) is 0.669. The molecular formula is C8H8N4O. The first-order valence-corrected chi connectivity index (χ1v) is 3.83. The molecule has 2 rings (SSSR count). The number of aromatic nitrogens is 3. The summed E-state index contributed by atoms with van der Waals surface area (Å²) in [6.45, 7) is 0. The molecule has 0 radical (unpaired) electrons. The average molecular weight is 176 g/mol. The van der Waals surface area contributed by atoms with Gasteiger partial charge in [0.15, 0.2) is 0 Å². The highest BCUT2D eigenvalue weighted by molar-refractivity contribution is 5.92. The highest BCUT2D eigenvalue weighted by Gasteiger charge is 2.09. The van der Waals surface area contributed by atoms with Crippen LogP contribution in [0, 0.1) is 0 Å². The minimum atomic E-state index is -0.166. The Hall–Kier alpha value is -1.91. The number of hydrogen-bond acceptors (Lipinski definition) is 3. The van der Waals surface area contributed by atoms with Gasteiger partial charge in [0.1, 0.15) is 5.69 Å². The van der Waals surface area contributed by atoms with Gasteiger partial charge in [-0.05, 0) is 6.07 Å². The summed E-state index contributed by atoms with van der Waals surface area (Å²) in [7, 11) is 1.58. The van der Waals surface area contributed by atoms with E-state index in [9.17, 15) is 4.79 Å². The molecule has 13 heavy (non-hydrogen) atoms. The maximum absolute atomic E-state index is 11.3. The van der Waals surface area contributed by atoms with E-state index in [-0.39, 0.29) is 5.91 Å². The topological polar surface area (TPSA) is 59.3 Å². The van der Waals surface area contributed by atoms with Crippen LogP contribution in [-0.2, 0) is 0 Å². The van der Waals surface area contributed by atoms with Gasteiger partial charge in [0.2, 0.25) is 5.78 Å². The highest BCUT2D eigenvalue weighted by Crippen LogP contribution is 2.02. The summed E-state index contributed by atoms with van der Waals surface area (Å²) in [6, 6.07) is 1.75. The summed E-state index contributed by atoms with van der Waals surface area (Å²) in [4.78, 5) is 19.3. The number of carbonyl (C=O) groups is 1. The van der Waals surface area contributed by atoms with Crippen molar-refractivity contribution in [1.82, 2.24) is 19.7 Å². The predicted octanol–water partition coefficient (Wildman–Crippen LogP) is 0.0889. The lowest BCUT2D eigenvalue weighted by atomic mass is 10.4. The van der Waals surface area contributed by atoms with E-state index in [4.69, 9.17) is 0 Å². The minimum Gasteiger partial charge on any atom is -0.354 e. The van der Waals surface area contributed by atoms with Crippen molar-refractivity contribution in [2.45, 2.75) is 0 Å². The van der Waals surface area contributed by atoms with Crippen molar-refractivity contribution in [2.24, 2.45) is 0 Å². The van der Waals surface area contributed by atoms with E-state index in [2.05, 4.69) is 15.3 Å². The van der Waals surface area contributed by atoms with Crippen molar-refractivity contribution in [3.63, 3.8) is 0 Å². The fourth-order valence-electron chi connectivity index (χ4n) is 1.12. The molecule has 0 unspecified atom stereocenters. The van der Waals surface area contributed by atoms with Crippen LogP contribution in [0.15, 0.2) is 24.7 Å². The van der Waals surface area contributed by atoms with Crippen molar-refractivity contribution in [1.29, 1.82) is 0 Å². The van der Waals surface area contributed by atoms with Gasteiger partial charge >= 0.3 is 0 Å². The Morgan fingerprint density at radius 2 is 2.38 bits per heavy atom. The summed E-state index contributed by atoms with van der Waals surface area (Å²) in [5, 5.41) is 2.53. The fraction of sp³-hybridized carbons (Fsp3) is 0.125. The molecule has 5 heteroatoms. The lowest BCUT2D eigenvalue weighted by Gasteiger charge is -1.97. The number of hydrogen-bond donors (Lipinski definition) is 1. The van der Waals surface area contributed by atoms with Crippen LogP contribution < -0.4 is 5.32 Å². The van der Waals surface area contributed by atoms with Crippen molar-refractivity contribution >= 4 is 11.7 Å². The molecule has 0 aliphatic carbocycles. The molecule has 1 N–H and O–H groups in total. The first kappa shape index (κ1) is 7.72. The smallest absolute Gasteiger partial charge is 0.269 e. The first-order valence-electron chi connectivity index (χ1n) is 3.83. The molecule has 0 aromatic carbocycles. The van der Waals surface area contributed by atoms with Crippen LogP contribution in [-0.4, -0.2) is 27.3 Å². The number of fused-ring (bicyclic) bond motifs is 1. The highest BCUT2D eigenvalue weighted by atomic mass is 16.1. The Morgan fingerprint density at radius 3 is 3.15 bits per heavy atom. The average Bonchev–Trinajstić information content (AvgIpc) is 2.60. The number of nitrogens with zero attached hydrogens (tertiary/aromatic N) is 3. The Morgan fingerprint density at radius 1 is 1.54 bits per heavy atom. The summed E-state index contributed by atoms with van der Waals surface area (Å²) in [5.41, 5.74) is 0.491. The predicted molar refractivity (Wildman–Crippen MR) is 46.4 cm³/mol. The van der Waals surface area contributed by atoms with E-state index in [1.54, 1.807) is 29.9 Å². The Labute approximate surface area is 74.4 Å². The molecule has 0 atom stereocenters. The van der Waals surface area contributed by atoms with Crippen LogP contribution >= 0.6 is 0 Å². The molecule has 0 aliphatic rings. The molecule has 0 aliphatic heterocycles. The molecule has 0 spiro atoms. The molecule has 1 amide bonds. The van der Waals surface area contributed by atoms with Crippen molar-refractivity contribution in [2.75, 3.05) is 7.05 Å². The van der Waals surface area contributed by atoms with E-state index in [0.29, 0.717) is 11.5 Å². The van der Waals surface area contributed by atoms with E-state index in [1.807, 2.05) is 0 Å². The minimum absolute atomic E-state index is 0.166. The SMILES string of the molecule is CNC(=O)c1cnc2ncccn12. The second-order valence-corrected chi connectivity index (χ2v) is 2.51. The molecular weight excluding hydrogens is 168 g/mol. The van der Waals surface area contributed by atoms with Gasteiger partial charge in [-0.25, -0.2) is 9.97 Å². The summed E-state index contributed by atoms with van der Waals surface area (Å²) in [5.74, 6) is 0.363. The second-order valence-electron chi connectivity index (χ2n) is 2.51. The molecule has 66 valence electrons. The van der Waals surface area contributed by atoms with Gasteiger partial charge in [-0.15, -0.1) is 0 Å². The van der Waals surface area contributed by atoms with Crippen molar-refractivity contribution < 1.29 is 4.79 Å². The summed E-state index contributed by atoms with van der Waals surface area (Å²) in [6.07, 6.45) is 4.89. The van der Waals surface area contributed by atoms with Crippen LogP contribution in [0.25, 0.3) is 5.78 Å². The standard InChI is InChI=1S/C8H8N4O/c1-9-7(13)6-5-11-8-10-3-2-4-12(6)8/h2-5H,1H3,(H,9,13). The largest absolute Gasteiger partial charge is 0.354 e. The molecule has 2 heterocycles. The number of rotatable bonds is 1. The zero-order valence-corrected chi connectivity index (χ0v) is 7.06. The Balaban J connectivity index is 2.64. The molecule has 0 bridgehead atoms. The third kappa shape index (κ3) is 1.14. The normalized spacial score (nSPS) is 10.2. The summed E-state index contributed by atoms with van der Waals surface area (Å²) >= 11 is 0. The maximum atomic E-state index is 11.3. The number of carbonyl (C=O) groups excluding carboxylic acids is 1. The molecule has 0 saturated heterocycles. The molecule has 5 nitrogen and oxygen atoms in total.